The highest BCUT2D eigenvalue weighted by atomic mass is 32.2. The maximum Gasteiger partial charge on any atom is 0.319 e. The zero-order chi connectivity index (χ0) is 20.9. The summed E-state index contributed by atoms with van der Waals surface area (Å²) < 4.78 is 25.5. The van der Waals surface area contributed by atoms with Crippen LogP contribution in [0.4, 0.5) is 16.2 Å². The highest BCUT2D eigenvalue weighted by Gasteiger charge is 2.28. The van der Waals surface area contributed by atoms with Crippen LogP contribution >= 0.6 is 11.3 Å². The number of hydrogen-bond donors (Lipinski definition) is 2. The third kappa shape index (κ3) is 5.29. The molecule has 1 saturated heterocycles. The molecule has 1 aliphatic rings. The molecule has 7 nitrogen and oxygen atoms in total. The summed E-state index contributed by atoms with van der Waals surface area (Å²) >= 11 is 1.65. The molecule has 0 bridgehead atoms. The number of nitrogens with zero attached hydrogens (tertiary/aromatic N) is 2. The van der Waals surface area contributed by atoms with Crippen molar-refractivity contribution in [2.45, 2.75) is 26.3 Å². The Kier molecular flexibility index (Phi) is 7.15. The van der Waals surface area contributed by atoms with Crippen molar-refractivity contribution in [3.8, 4) is 0 Å². The predicted molar refractivity (Wildman–Crippen MR) is 119 cm³/mol. The normalized spacial score (nSPS) is 16.7. The first-order valence-corrected chi connectivity index (χ1v) is 12.4. The second kappa shape index (κ2) is 9.60. The van der Waals surface area contributed by atoms with E-state index in [0.29, 0.717) is 30.9 Å². The molecule has 0 saturated carbocycles. The fraction of sp³-hybridized carbons (Fsp3) is 0.450. The summed E-state index contributed by atoms with van der Waals surface area (Å²) in [6.07, 6.45) is 0.641. The molecule has 1 aromatic carbocycles. The van der Waals surface area contributed by atoms with Gasteiger partial charge < -0.3 is 10.6 Å². The number of hydrogen-bond acceptors (Lipinski definition) is 5. The maximum atomic E-state index is 12.4. The Morgan fingerprint density at radius 2 is 1.93 bits per heavy atom. The van der Waals surface area contributed by atoms with Gasteiger partial charge in [0, 0.05) is 18.8 Å². The van der Waals surface area contributed by atoms with Crippen molar-refractivity contribution >= 4 is 38.8 Å². The van der Waals surface area contributed by atoms with Crippen molar-refractivity contribution in [3.05, 3.63) is 46.7 Å². The van der Waals surface area contributed by atoms with Crippen LogP contribution < -0.4 is 14.9 Å². The van der Waals surface area contributed by atoms with Gasteiger partial charge in [-0.25, -0.2) is 13.2 Å². The lowest BCUT2D eigenvalue weighted by Crippen LogP contribution is -2.39. The molecule has 1 atom stereocenters. The van der Waals surface area contributed by atoms with Gasteiger partial charge in [-0.3, -0.25) is 9.21 Å². The van der Waals surface area contributed by atoms with Crippen molar-refractivity contribution < 1.29 is 13.2 Å². The molecule has 9 heteroatoms. The van der Waals surface area contributed by atoms with Crippen LogP contribution in [-0.4, -0.2) is 51.3 Å². The van der Waals surface area contributed by atoms with Crippen LogP contribution in [0.15, 0.2) is 41.1 Å². The van der Waals surface area contributed by atoms with E-state index in [4.69, 9.17) is 0 Å². The van der Waals surface area contributed by atoms with Gasteiger partial charge in [-0.2, -0.15) is 11.3 Å². The standard InChI is InChI=1S/C20H28N4O3S2/c1-3-23(4-2)19(16-10-12-28-15-16)14-21-20(25)22-17-6-8-18(9-7-17)24-11-5-13-29(24,26)27/h6-10,12,15,19H,3-5,11,13-14H2,1-2H3,(H2,21,22,25). The van der Waals surface area contributed by atoms with Gasteiger partial charge in [0.05, 0.1) is 17.5 Å². The van der Waals surface area contributed by atoms with Gasteiger partial charge >= 0.3 is 6.03 Å². The maximum absolute atomic E-state index is 12.4. The van der Waals surface area contributed by atoms with Gasteiger partial charge in [-0.1, -0.05) is 13.8 Å². The van der Waals surface area contributed by atoms with E-state index in [2.05, 4.69) is 40.8 Å². The van der Waals surface area contributed by atoms with E-state index in [-0.39, 0.29) is 17.8 Å². The van der Waals surface area contributed by atoms with Gasteiger partial charge in [0.2, 0.25) is 10.0 Å². The van der Waals surface area contributed by atoms with Gasteiger partial charge in [0.25, 0.3) is 0 Å². The summed E-state index contributed by atoms with van der Waals surface area (Å²) in [4.78, 5) is 14.7. The molecule has 1 fully saturated rings. The first-order chi connectivity index (χ1) is 13.9. The SMILES string of the molecule is CCN(CC)C(CNC(=O)Nc1ccc(N2CCCS2(=O)=O)cc1)c1ccsc1. The lowest BCUT2D eigenvalue weighted by molar-refractivity contribution is 0.210. The summed E-state index contributed by atoms with van der Waals surface area (Å²) in [5.74, 6) is 0.188. The predicted octanol–water partition coefficient (Wildman–Crippen LogP) is 3.49. The minimum absolute atomic E-state index is 0.129. The van der Waals surface area contributed by atoms with E-state index in [9.17, 15) is 13.2 Å². The third-order valence-electron chi connectivity index (χ3n) is 5.15. The van der Waals surface area contributed by atoms with Crippen LogP contribution in [0.3, 0.4) is 0 Å². The molecular formula is C20H28N4O3S2. The van der Waals surface area contributed by atoms with E-state index in [1.807, 2.05) is 5.38 Å². The van der Waals surface area contributed by atoms with Gasteiger partial charge in [0.15, 0.2) is 0 Å². The summed E-state index contributed by atoms with van der Waals surface area (Å²) in [6, 6.07) is 8.85. The quantitative estimate of drug-likeness (QED) is 0.664. The first-order valence-electron chi connectivity index (χ1n) is 9.86. The molecule has 0 spiro atoms. The van der Waals surface area contributed by atoms with Crippen molar-refractivity contribution in [2.24, 2.45) is 0 Å². The average Bonchev–Trinajstić information content (AvgIpc) is 3.35. The zero-order valence-corrected chi connectivity index (χ0v) is 18.4. The molecule has 2 aromatic rings. The van der Waals surface area contributed by atoms with Crippen LogP contribution in [0.25, 0.3) is 0 Å². The molecule has 2 amide bonds. The van der Waals surface area contributed by atoms with Crippen LogP contribution in [0.2, 0.25) is 0 Å². The smallest absolute Gasteiger partial charge is 0.319 e. The summed E-state index contributed by atoms with van der Waals surface area (Å²) in [7, 11) is -3.20. The van der Waals surface area contributed by atoms with Crippen LogP contribution in [-0.2, 0) is 10.0 Å². The number of thiophene rings is 1. The third-order valence-corrected chi connectivity index (χ3v) is 7.72. The Balaban J connectivity index is 1.58. The van der Waals surface area contributed by atoms with Crippen LogP contribution in [0.1, 0.15) is 31.9 Å². The molecule has 0 aliphatic carbocycles. The summed E-state index contributed by atoms with van der Waals surface area (Å²) in [5.41, 5.74) is 2.46. The number of nitrogens with one attached hydrogen (secondary N) is 2. The highest BCUT2D eigenvalue weighted by Crippen LogP contribution is 2.25. The number of anilines is 2. The molecule has 1 aromatic heterocycles. The molecule has 1 aliphatic heterocycles. The second-order valence-corrected chi connectivity index (χ2v) is 9.71. The largest absolute Gasteiger partial charge is 0.336 e. The number of carbonyl (C=O) groups excluding carboxylic acids is 1. The van der Waals surface area contributed by atoms with E-state index in [1.165, 1.54) is 9.87 Å². The Morgan fingerprint density at radius 3 is 2.48 bits per heavy atom. The Morgan fingerprint density at radius 1 is 1.21 bits per heavy atom. The zero-order valence-electron chi connectivity index (χ0n) is 16.8. The van der Waals surface area contributed by atoms with Crippen molar-refractivity contribution in [2.75, 3.05) is 41.6 Å². The van der Waals surface area contributed by atoms with Crippen molar-refractivity contribution in [3.63, 3.8) is 0 Å². The number of benzene rings is 1. The number of rotatable bonds is 8. The lowest BCUT2D eigenvalue weighted by atomic mass is 10.1. The number of likely N-dealkylation sites (N-methyl/N-ethyl adjacent to an activating group) is 1. The van der Waals surface area contributed by atoms with Crippen LogP contribution in [0.5, 0.6) is 0 Å². The molecular weight excluding hydrogens is 408 g/mol. The lowest BCUT2D eigenvalue weighted by Gasteiger charge is -2.29. The topological polar surface area (TPSA) is 81.8 Å². The Bertz CT molecular complexity index is 894. The fourth-order valence-electron chi connectivity index (χ4n) is 3.59. The highest BCUT2D eigenvalue weighted by molar-refractivity contribution is 7.93. The summed E-state index contributed by atoms with van der Waals surface area (Å²) in [5, 5.41) is 9.95. The van der Waals surface area contributed by atoms with Gasteiger partial charge in [-0.05, 0) is 66.2 Å². The average molecular weight is 437 g/mol. The number of carbonyl (C=O) groups is 1. The van der Waals surface area contributed by atoms with Crippen molar-refractivity contribution in [1.82, 2.24) is 10.2 Å². The van der Waals surface area contributed by atoms with E-state index < -0.39 is 10.0 Å². The number of sulfonamides is 1. The van der Waals surface area contributed by atoms with Gasteiger partial charge in [-0.15, -0.1) is 0 Å². The molecule has 2 N–H and O–H groups in total. The molecule has 3 rings (SSSR count). The van der Waals surface area contributed by atoms with E-state index in [0.717, 1.165) is 13.1 Å². The Hall–Kier alpha value is -2.10. The minimum Gasteiger partial charge on any atom is -0.336 e. The fourth-order valence-corrected chi connectivity index (χ4v) is 5.86. The molecule has 2 heterocycles. The summed E-state index contributed by atoms with van der Waals surface area (Å²) in [6.45, 7) is 7.05. The van der Waals surface area contributed by atoms with E-state index in [1.54, 1.807) is 35.6 Å². The monoisotopic (exact) mass is 436 g/mol. The van der Waals surface area contributed by atoms with Crippen LogP contribution in [0, 0.1) is 0 Å². The molecule has 29 heavy (non-hydrogen) atoms. The molecule has 0 radical (unpaired) electrons. The van der Waals surface area contributed by atoms with E-state index >= 15 is 0 Å². The number of urea groups is 1. The Labute approximate surface area is 176 Å². The van der Waals surface area contributed by atoms with Crippen molar-refractivity contribution in [1.29, 1.82) is 0 Å². The minimum atomic E-state index is -3.20. The second-order valence-electron chi connectivity index (χ2n) is 6.92. The molecule has 158 valence electrons. The van der Waals surface area contributed by atoms with Gasteiger partial charge in [0.1, 0.15) is 0 Å². The molecule has 1 unspecified atom stereocenters. The first kappa shape index (κ1) is 21.6. The number of amides is 2.